The number of ether oxygens (including phenoxy) is 1. The average Bonchev–Trinajstić information content (AvgIpc) is 2.88. The van der Waals surface area contributed by atoms with Crippen molar-refractivity contribution in [2.75, 3.05) is 12.4 Å². The van der Waals surface area contributed by atoms with E-state index in [9.17, 15) is 9.18 Å². The van der Waals surface area contributed by atoms with Crippen LogP contribution in [0.5, 0.6) is 0 Å². The number of hydrogen-bond acceptors (Lipinski definition) is 3. The fraction of sp³-hybridized carbons (Fsp3) is 0.500. The second-order valence-electron chi connectivity index (χ2n) is 4.43. The third-order valence-corrected chi connectivity index (χ3v) is 4.10. The molecule has 1 unspecified atom stereocenters. The molecule has 4 heteroatoms. The molecule has 0 amide bonds. The summed E-state index contributed by atoms with van der Waals surface area (Å²) in [6.07, 6.45) is 3.76. The fourth-order valence-electron chi connectivity index (χ4n) is 1.99. The Morgan fingerprint density at radius 3 is 3.00 bits per heavy atom. The molecular formula is C14H17FO2S. The molecule has 2 rings (SSSR count). The number of ketones is 1. The second-order valence-corrected chi connectivity index (χ2v) is 5.45. The standard InChI is InChI=1S/C14H17FO2S/c15-13-5-1-2-6-14(13)18-10-11(16)7-8-12-4-3-9-17-12/h1-2,5-6,12H,3-4,7-10H2. The van der Waals surface area contributed by atoms with Crippen LogP contribution in [0.2, 0.25) is 0 Å². The Balaban J connectivity index is 1.69. The molecule has 0 aromatic heterocycles. The molecule has 0 saturated carbocycles. The quantitative estimate of drug-likeness (QED) is 0.739. The minimum absolute atomic E-state index is 0.166. The van der Waals surface area contributed by atoms with Crippen molar-refractivity contribution in [1.29, 1.82) is 0 Å². The van der Waals surface area contributed by atoms with Crippen molar-refractivity contribution in [2.24, 2.45) is 0 Å². The van der Waals surface area contributed by atoms with Crippen LogP contribution in [0.4, 0.5) is 4.39 Å². The van der Waals surface area contributed by atoms with E-state index >= 15 is 0 Å². The Labute approximate surface area is 111 Å². The predicted molar refractivity (Wildman–Crippen MR) is 70.3 cm³/mol. The van der Waals surface area contributed by atoms with Crippen molar-refractivity contribution >= 4 is 17.5 Å². The summed E-state index contributed by atoms with van der Waals surface area (Å²) in [5, 5.41) is 0. The van der Waals surface area contributed by atoms with Crippen LogP contribution in [-0.4, -0.2) is 24.2 Å². The number of carbonyl (C=O) groups excluding carboxylic acids is 1. The monoisotopic (exact) mass is 268 g/mol. The van der Waals surface area contributed by atoms with Crippen LogP contribution in [0.3, 0.4) is 0 Å². The van der Waals surface area contributed by atoms with Gasteiger partial charge in [0.05, 0.1) is 11.9 Å². The third kappa shape index (κ3) is 4.10. The van der Waals surface area contributed by atoms with Gasteiger partial charge < -0.3 is 4.74 Å². The van der Waals surface area contributed by atoms with Crippen LogP contribution in [0.15, 0.2) is 29.2 Å². The largest absolute Gasteiger partial charge is 0.378 e. The number of rotatable bonds is 6. The number of benzene rings is 1. The van der Waals surface area contributed by atoms with E-state index in [0.29, 0.717) is 17.1 Å². The first kappa shape index (κ1) is 13.6. The zero-order chi connectivity index (χ0) is 12.8. The molecule has 1 atom stereocenters. The summed E-state index contributed by atoms with van der Waals surface area (Å²) < 4.78 is 18.8. The van der Waals surface area contributed by atoms with Gasteiger partial charge in [0, 0.05) is 17.9 Å². The number of thioether (sulfide) groups is 1. The van der Waals surface area contributed by atoms with Crippen LogP contribution in [0.25, 0.3) is 0 Å². The molecule has 0 N–H and O–H groups in total. The first-order chi connectivity index (χ1) is 8.75. The first-order valence-electron chi connectivity index (χ1n) is 6.26. The molecular weight excluding hydrogens is 251 g/mol. The molecule has 0 aliphatic carbocycles. The summed E-state index contributed by atoms with van der Waals surface area (Å²) in [6.45, 7) is 0.822. The van der Waals surface area contributed by atoms with Gasteiger partial charge in [-0.3, -0.25) is 4.79 Å². The molecule has 1 fully saturated rings. The lowest BCUT2D eigenvalue weighted by Crippen LogP contribution is -2.10. The van der Waals surface area contributed by atoms with Crippen molar-refractivity contribution in [1.82, 2.24) is 0 Å². The van der Waals surface area contributed by atoms with E-state index in [0.717, 1.165) is 25.9 Å². The molecule has 0 bridgehead atoms. The minimum atomic E-state index is -0.255. The summed E-state index contributed by atoms with van der Waals surface area (Å²) in [5.41, 5.74) is 0. The van der Waals surface area contributed by atoms with Gasteiger partial charge in [-0.2, -0.15) is 0 Å². The van der Waals surface area contributed by atoms with Crippen molar-refractivity contribution in [2.45, 2.75) is 36.7 Å². The van der Waals surface area contributed by atoms with Gasteiger partial charge in [-0.1, -0.05) is 12.1 Å². The van der Waals surface area contributed by atoms with Crippen molar-refractivity contribution in [3.8, 4) is 0 Å². The molecule has 2 nitrogen and oxygen atoms in total. The van der Waals surface area contributed by atoms with Crippen LogP contribution >= 0.6 is 11.8 Å². The highest BCUT2D eigenvalue weighted by atomic mass is 32.2. The van der Waals surface area contributed by atoms with Crippen molar-refractivity contribution in [3.05, 3.63) is 30.1 Å². The van der Waals surface area contributed by atoms with Crippen LogP contribution < -0.4 is 0 Å². The maximum Gasteiger partial charge on any atom is 0.143 e. The second kappa shape index (κ2) is 6.90. The van der Waals surface area contributed by atoms with Crippen LogP contribution in [0, 0.1) is 5.82 Å². The van der Waals surface area contributed by atoms with Crippen LogP contribution in [0.1, 0.15) is 25.7 Å². The highest BCUT2D eigenvalue weighted by Crippen LogP contribution is 2.22. The average molecular weight is 268 g/mol. The Hall–Kier alpha value is -0.870. The summed E-state index contributed by atoms with van der Waals surface area (Å²) >= 11 is 1.27. The predicted octanol–water partition coefficient (Wildman–Crippen LogP) is 3.45. The summed E-state index contributed by atoms with van der Waals surface area (Å²) in [5.74, 6) is 0.251. The van der Waals surface area contributed by atoms with Gasteiger partial charge in [0.2, 0.25) is 0 Å². The minimum Gasteiger partial charge on any atom is -0.378 e. The highest BCUT2D eigenvalue weighted by molar-refractivity contribution is 8.00. The lowest BCUT2D eigenvalue weighted by Gasteiger charge is -2.08. The molecule has 0 spiro atoms. The maximum absolute atomic E-state index is 13.3. The third-order valence-electron chi connectivity index (χ3n) is 2.99. The van der Waals surface area contributed by atoms with E-state index in [-0.39, 0.29) is 17.7 Å². The van der Waals surface area contributed by atoms with Crippen LogP contribution in [-0.2, 0) is 9.53 Å². The van der Waals surface area contributed by atoms with Gasteiger partial charge in [-0.15, -0.1) is 11.8 Å². The highest BCUT2D eigenvalue weighted by Gasteiger charge is 2.16. The topological polar surface area (TPSA) is 26.3 Å². The zero-order valence-electron chi connectivity index (χ0n) is 10.2. The van der Waals surface area contributed by atoms with Gasteiger partial charge in [0.1, 0.15) is 11.6 Å². The van der Waals surface area contributed by atoms with Crippen molar-refractivity contribution < 1.29 is 13.9 Å². The summed E-state index contributed by atoms with van der Waals surface area (Å²) in [4.78, 5) is 12.2. The van der Waals surface area contributed by atoms with Crippen molar-refractivity contribution in [3.63, 3.8) is 0 Å². The Morgan fingerprint density at radius 2 is 2.28 bits per heavy atom. The Kier molecular flexibility index (Phi) is 5.20. The normalized spacial score (nSPS) is 19.1. The molecule has 1 aliphatic heterocycles. The lowest BCUT2D eigenvalue weighted by molar-refractivity contribution is -0.117. The first-order valence-corrected chi connectivity index (χ1v) is 7.25. The van der Waals surface area contributed by atoms with E-state index < -0.39 is 0 Å². The number of carbonyl (C=O) groups is 1. The Morgan fingerprint density at radius 1 is 1.44 bits per heavy atom. The molecule has 0 radical (unpaired) electrons. The SMILES string of the molecule is O=C(CCC1CCCO1)CSc1ccccc1F. The molecule has 1 aliphatic rings. The van der Waals surface area contributed by atoms with E-state index in [1.54, 1.807) is 18.2 Å². The molecule has 1 aromatic rings. The molecule has 1 aromatic carbocycles. The number of halogens is 1. The smallest absolute Gasteiger partial charge is 0.143 e. The maximum atomic E-state index is 13.3. The van der Waals surface area contributed by atoms with Gasteiger partial charge in [-0.05, 0) is 31.4 Å². The molecule has 18 heavy (non-hydrogen) atoms. The zero-order valence-corrected chi connectivity index (χ0v) is 11.0. The molecule has 1 saturated heterocycles. The van der Waals surface area contributed by atoms with Gasteiger partial charge in [0.25, 0.3) is 0 Å². The number of Topliss-reactive ketones (excluding diaryl/α,β-unsaturated/α-hetero) is 1. The van der Waals surface area contributed by atoms with E-state index in [2.05, 4.69) is 0 Å². The lowest BCUT2D eigenvalue weighted by atomic mass is 10.1. The number of hydrogen-bond donors (Lipinski definition) is 0. The van der Waals surface area contributed by atoms with E-state index in [1.807, 2.05) is 0 Å². The van der Waals surface area contributed by atoms with E-state index in [1.165, 1.54) is 17.8 Å². The summed E-state index contributed by atoms with van der Waals surface area (Å²) in [7, 11) is 0. The van der Waals surface area contributed by atoms with Gasteiger partial charge in [-0.25, -0.2) is 4.39 Å². The Bertz CT molecular complexity index is 403. The molecule has 1 heterocycles. The molecule has 98 valence electrons. The van der Waals surface area contributed by atoms with Gasteiger partial charge in [0.15, 0.2) is 0 Å². The summed E-state index contributed by atoms with van der Waals surface area (Å²) in [6, 6.07) is 6.55. The van der Waals surface area contributed by atoms with Gasteiger partial charge >= 0.3 is 0 Å². The van der Waals surface area contributed by atoms with E-state index in [4.69, 9.17) is 4.74 Å². The fourth-order valence-corrected chi connectivity index (χ4v) is 2.83.